The lowest BCUT2D eigenvalue weighted by Crippen LogP contribution is -2.15. The van der Waals surface area contributed by atoms with Crippen LogP contribution in [0.3, 0.4) is 0 Å². The summed E-state index contributed by atoms with van der Waals surface area (Å²) in [6, 6.07) is 19.2. The van der Waals surface area contributed by atoms with Gasteiger partial charge in [-0.2, -0.15) is 5.10 Å². The molecule has 0 spiro atoms. The molecule has 0 radical (unpaired) electrons. The molecular formula is C25H21F2N3O2. The standard InChI is InChI=1S/C25H21F2N3O2/c1-2-18-5-3-4-6-22(18)28-25(31)24-23(32-16-17-7-9-19(26)10-8-17)15-30(29-24)21-13-11-20(27)12-14-21/h3-15H,2,16H2,1H3,(H,28,31). The molecule has 0 aliphatic heterocycles. The van der Waals surface area contributed by atoms with Gasteiger partial charge in [0.2, 0.25) is 0 Å². The van der Waals surface area contributed by atoms with E-state index in [2.05, 4.69) is 10.4 Å². The molecule has 0 saturated heterocycles. The number of benzene rings is 3. The van der Waals surface area contributed by atoms with Crippen LogP contribution >= 0.6 is 0 Å². The molecule has 1 N–H and O–H groups in total. The zero-order chi connectivity index (χ0) is 22.5. The van der Waals surface area contributed by atoms with E-state index >= 15 is 0 Å². The van der Waals surface area contributed by atoms with Crippen molar-refractivity contribution in [2.24, 2.45) is 0 Å². The normalized spacial score (nSPS) is 10.7. The van der Waals surface area contributed by atoms with Crippen LogP contribution in [-0.2, 0) is 13.0 Å². The Balaban J connectivity index is 1.64. The zero-order valence-electron chi connectivity index (χ0n) is 17.4. The molecule has 1 amide bonds. The first kappa shape index (κ1) is 21.2. The molecule has 0 bridgehead atoms. The number of ether oxygens (including phenoxy) is 1. The number of aryl methyl sites for hydroxylation is 1. The number of carbonyl (C=O) groups is 1. The predicted molar refractivity (Wildman–Crippen MR) is 118 cm³/mol. The number of rotatable bonds is 7. The van der Waals surface area contributed by atoms with Gasteiger partial charge in [0.15, 0.2) is 11.4 Å². The number of halogens is 2. The van der Waals surface area contributed by atoms with Crippen LogP contribution in [0.4, 0.5) is 14.5 Å². The Bertz CT molecular complexity index is 1220. The third-order valence-corrected chi connectivity index (χ3v) is 4.94. The topological polar surface area (TPSA) is 56.2 Å². The number of aromatic nitrogens is 2. The van der Waals surface area contributed by atoms with Crippen LogP contribution in [0.25, 0.3) is 5.69 Å². The molecule has 0 aliphatic carbocycles. The minimum absolute atomic E-state index is 0.0855. The van der Waals surface area contributed by atoms with Crippen LogP contribution < -0.4 is 10.1 Å². The first-order chi connectivity index (χ1) is 15.5. The van der Waals surface area contributed by atoms with E-state index in [1.807, 2.05) is 31.2 Å². The first-order valence-electron chi connectivity index (χ1n) is 10.2. The lowest BCUT2D eigenvalue weighted by Gasteiger charge is -2.10. The highest BCUT2D eigenvalue weighted by Crippen LogP contribution is 2.24. The quantitative estimate of drug-likeness (QED) is 0.416. The van der Waals surface area contributed by atoms with Gasteiger partial charge in [-0.1, -0.05) is 37.3 Å². The molecule has 3 aromatic carbocycles. The number of para-hydroxylation sites is 1. The lowest BCUT2D eigenvalue weighted by molar-refractivity contribution is 0.101. The largest absolute Gasteiger partial charge is 0.485 e. The van der Waals surface area contributed by atoms with Crippen LogP contribution in [0.5, 0.6) is 5.75 Å². The van der Waals surface area contributed by atoms with Crippen LogP contribution in [0.2, 0.25) is 0 Å². The maximum Gasteiger partial charge on any atom is 0.280 e. The van der Waals surface area contributed by atoms with Gasteiger partial charge in [-0.15, -0.1) is 0 Å². The summed E-state index contributed by atoms with van der Waals surface area (Å²) in [4.78, 5) is 13.1. The summed E-state index contributed by atoms with van der Waals surface area (Å²) in [5.74, 6) is -0.888. The number of hydrogen-bond donors (Lipinski definition) is 1. The monoisotopic (exact) mass is 433 g/mol. The number of nitrogens with zero attached hydrogens (tertiary/aromatic N) is 2. The van der Waals surface area contributed by atoms with Gasteiger partial charge in [0.05, 0.1) is 11.9 Å². The highest BCUT2D eigenvalue weighted by Gasteiger charge is 2.20. The van der Waals surface area contributed by atoms with E-state index in [1.165, 1.54) is 28.9 Å². The van der Waals surface area contributed by atoms with Gasteiger partial charge in [0.1, 0.15) is 18.2 Å². The van der Waals surface area contributed by atoms with E-state index in [1.54, 1.807) is 30.5 Å². The summed E-state index contributed by atoms with van der Waals surface area (Å²) in [7, 11) is 0. The Morgan fingerprint density at radius 1 is 0.969 bits per heavy atom. The number of anilines is 1. The summed E-state index contributed by atoms with van der Waals surface area (Å²) < 4.78 is 33.8. The molecular weight excluding hydrogens is 412 g/mol. The molecule has 0 aliphatic rings. The van der Waals surface area contributed by atoms with E-state index in [-0.39, 0.29) is 29.7 Å². The van der Waals surface area contributed by atoms with Gasteiger partial charge in [0, 0.05) is 5.69 Å². The fraction of sp³-hybridized carbons (Fsp3) is 0.120. The Morgan fingerprint density at radius 2 is 1.62 bits per heavy atom. The van der Waals surface area contributed by atoms with Crippen molar-refractivity contribution >= 4 is 11.6 Å². The highest BCUT2D eigenvalue weighted by atomic mass is 19.1. The molecule has 1 heterocycles. The van der Waals surface area contributed by atoms with E-state index in [9.17, 15) is 13.6 Å². The van der Waals surface area contributed by atoms with Gasteiger partial charge in [-0.3, -0.25) is 4.79 Å². The van der Waals surface area contributed by atoms with Crippen molar-refractivity contribution in [3.8, 4) is 11.4 Å². The Kier molecular flexibility index (Phi) is 6.26. The van der Waals surface area contributed by atoms with E-state index < -0.39 is 5.91 Å². The van der Waals surface area contributed by atoms with Crippen molar-refractivity contribution < 1.29 is 18.3 Å². The van der Waals surface area contributed by atoms with Crippen molar-refractivity contribution in [1.82, 2.24) is 9.78 Å². The maximum atomic E-state index is 13.3. The second kappa shape index (κ2) is 9.43. The fourth-order valence-corrected chi connectivity index (χ4v) is 3.22. The highest BCUT2D eigenvalue weighted by molar-refractivity contribution is 6.05. The van der Waals surface area contributed by atoms with Crippen molar-refractivity contribution in [2.45, 2.75) is 20.0 Å². The zero-order valence-corrected chi connectivity index (χ0v) is 17.4. The molecule has 4 rings (SSSR count). The second-order valence-electron chi connectivity index (χ2n) is 7.14. The van der Waals surface area contributed by atoms with Crippen molar-refractivity contribution in [2.75, 3.05) is 5.32 Å². The van der Waals surface area contributed by atoms with Gasteiger partial charge in [-0.05, 0) is 60.0 Å². The average Bonchev–Trinajstić information content (AvgIpc) is 3.24. The molecule has 1 aromatic heterocycles. The third kappa shape index (κ3) is 4.83. The van der Waals surface area contributed by atoms with Gasteiger partial charge in [0.25, 0.3) is 5.91 Å². The van der Waals surface area contributed by atoms with Crippen LogP contribution in [0.15, 0.2) is 79.0 Å². The van der Waals surface area contributed by atoms with Crippen LogP contribution in [0, 0.1) is 11.6 Å². The van der Waals surface area contributed by atoms with E-state index in [4.69, 9.17) is 4.74 Å². The molecule has 0 saturated carbocycles. The van der Waals surface area contributed by atoms with Crippen molar-refractivity contribution in [3.05, 3.63) is 107 Å². The summed E-state index contributed by atoms with van der Waals surface area (Å²) in [6.45, 7) is 2.13. The summed E-state index contributed by atoms with van der Waals surface area (Å²) in [6.07, 6.45) is 2.33. The Labute approximate surface area is 184 Å². The van der Waals surface area contributed by atoms with Gasteiger partial charge < -0.3 is 10.1 Å². The number of amides is 1. The molecule has 162 valence electrons. The molecule has 0 fully saturated rings. The van der Waals surface area contributed by atoms with Gasteiger partial charge >= 0.3 is 0 Å². The smallest absolute Gasteiger partial charge is 0.280 e. The second-order valence-corrected chi connectivity index (χ2v) is 7.14. The molecule has 0 unspecified atom stereocenters. The minimum Gasteiger partial charge on any atom is -0.485 e. The first-order valence-corrected chi connectivity index (χ1v) is 10.2. The molecule has 7 heteroatoms. The predicted octanol–water partition coefficient (Wildman–Crippen LogP) is 5.54. The van der Waals surface area contributed by atoms with Crippen molar-refractivity contribution in [1.29, 1.82) is 0 Å². The maximum absolute atomic E-state index is 13.3. The lowest BCUT2D eigenvalue weighted by atomic mass is 10.1. The summed E-state index contributed by atoms with van der Waals surface area (Å²) >= 11 is 0. The van der Waals surface area contributed by atoms with Crippen LogP contribution in [-0.4, -0.2) is 15.7 Å². The number of nitrogens with one attached hydrogen (secondary N) is 1. The summed E-state index contributed by atoms with van der Waals surface area (Å²) in [5, 5.41) is 7.28. The number of carbonyl (C=O) groups excluding carboxylic acids is 1. The molecule has 32 heavy (non-hydrogen) atoms. The summed E-state index contributed by atoms with van der Waals surface area (Å²) in [5.41, 5.74) is 3.09. The van der Waals surface area contributed by atoms with Crippen molar-refractivity contribution in [3.63, 3.8) is 0 Å². The average molecular weight is 433 g/mol. The van der Waals surface area contributed by atoms with Crippen LogP contribution in [0.1, 0.15) is 28.5 Å². The third-order valence-electron chi connectivity index (χ3n) is 4.94. The van der Waals surface area contributed by atoms with E-state index in [0.29, 0.717) is 11.4 Å². The minimum atomic E-state index is -0.430. The number of hydrogen-bond acceptors (Lipinski definition) is 3. The molecule has 0 atom stereocenters. The molecule has 5 nitrogen and oxygen atoms in total. The van der Waals surface area contributed by atoms with Gasteiger partial charge in [-0.25, -0.2) is 13.5 Å². The Hall–Kier alpha value is -4.00. The fourth-order valence-electron chi connectivity index (χ4n) is 3.22. The van der Waals surface area contributed by atoms with E-state index in [0.717, 1.165) is 17.5 Å². The Morgan fingerprint density at radius 3 is 2.31 bits per heavy atom. The SMILES string of the molecule is CCc1ccccc1NC(=O)c1nn(-c2ccc(F)cc2)cc1OCc1ccc(F)cc1. The molecule has 4 aromatic rings.